The Bertz CT molecular complexity index is 686. The van der Waals surface area contributed by atoms with Gasteiger partial charge in [0.15, 0.2) is 0 Å². The Balaban J connectivity index is 1.89. The second-order valence-electron chi connectivity index (χ2n) is 5.19. The molecule has 1 saturated heterocycles. The number of halogens is 1. The Morgan fingerprint density at radius 2 is 2.30 bits per heavy atom. The van der Waals surface area contributed by atoms with E-state index in [9.17, 15) is 9.90 Å². The fraction of sp³-hybridized carbons (Fsp3) is 0.429. The van der Waals surface area contributed by atoms with Crippen LogP contribution in [0, 0.1) is 0 Å². The Morgan fingerprint density at radius 3 is 3.10 bits per heavy atom. The number of likely N-dealkylation sites (tertiary alicyclic amines) is 1. The molecule has 0 bridgehead atoms. The fourth-order valence-corrected chi connectivity index (χ4v) is 2.77. The lowest BCUT2D eigenvalue weighted by atomic mass is 10.1. The summed E-state index contributed by atoms with van der Waals surface area (Å²) >= 11 is 5.88. The second-order valence-corrected chi connectivity index (χ2v) is 5.63. The van der Waals surface area contributed by atoms with Crippen molar-refractivity contribution >= 4 is 17.2 Å². The summed E-state index contributed by atoms with van der Waals surface area (Å²) in [5, 5.41) is 10.2. The number of nitrogens with zero attached hydrogens (tertiary/aromatic N) is 3. The minimum atomic E-state index is -0.274. The van der Waals surface area contributed by atoms with Crippen molar-refractivity contribution in [2.45, 2.75) is 25.5 Å². The molecule has 0 saturated carbocycles. The Morgan fingerprint density at radius 1 is 1.45 bits per heavy atom. The number of aliphatic hydroxyl groups is 1. The zero-order valence-electron chi connectivity index (χ0n) is 11.0. The summed E-state index contributed by atoms with van der Waals surface area (Å²) in [6.07, 6.45) is 3.12. The van der Waals surface area contributed by atoms with Crippen LogP contribution in [0.25, 0.3) is 5.65 Å². The van der Waals surface area contributed by atoms with Gasteiger partial charge in [0.05, 0.1) is 16.8 Å². The lowest BCUT2D eigenvalue weighted by Gasteiger charge is -2.29. The van der Waals surface area contributed by atoms with E-state index in [2.05, 4.69) is 9.88 Å². The molecular formula is C14H16ClN3O2. The number of piperidine rings is 1. The van der Waals surface area contributed by atoms with E-state index in [-0.39, 0.29) is 11.7 Å². The SMILES string of the molecule is O=c1cc(CN2CCCC(O)C2)nc2ccc(Cl)cn12. The van der Waals surface area contributed by atoms with Gasteiger partial charge in [-0.05, 0) is 31.5 Å². The molecule has 1 aliphatic heterocycles. The highest BCUT2D eigenvalue weighted by molar-refractivity contribution is 6.30. The number of β-amino-alcohol motifs (C(OH)–C–C–N with tert-alkyl or cyclic N) is 1. The number of hydrogen-bond acceptors (Lipinski definition) is 4. The van der Waals surface area contributed by atoms with Crippen molar-refractivity contribution in [3.63, 3.8) is 0 Å². The Labute approximate surface area is 121 Å². The van der Waals surface area contributed by atoms with Crippen molar-refractivity contribution in [2.75, 3.05) is 13.1 Å². The fourth-order valence-electron chi connectivity index (χ4n) is 2.61. The van der Waals surface area contributed by atoms with Crippen molar-refractivity contribution in [3.8, 4) is 0 Å². The Kier molecular flexibility index (Phi) is 3.74. The topological polar surface area (TPSA) is 57.8 Å². The van der Waals surface area contributed by atoms with Crippen LogP contribution in [0.3, 0.4) is 0 Å². The first kappa shape index (κ1) is 13.5. The average Bonchev–Trinajstić information content (AvgIpc) is 2.40. The highest BCUT2D eigenvalue weighted by Gasteiger charge is 2.18. The summed E-state index contributed by atoms with van der Waals surface area (Å²) in [7, 11) is 0. The van der Waals surface area contributed by atoms with Gasteiger partial charge in [-0.15, -0.1) is 0 Å². The van der Waals surface area contributed by atoms with Crippen LogP contribution in [0.4, 0.5) is 0 Å². The molecular weight excluding hydrogens is 278 g/mol. The highest BCUT2D eigenvalue weighted by Crippen LogP contribution is 2.13. The summed E-state index contributed by atoms with van der Waals surface area (Å²) in [6, 6.07) is 4.99. The first-order chi connectivity index (χ1) is 9.61. The summed E-state index contributed by atoms with van der Waals surface area (Å²) < 4.78 is 1.44. The number of pyridine rings is 1. The van der Waals surface area contributed by atoms with Gasteiger partial charge in [0.25, 0.3) is 5.56 Å². The summed E-state index contributed by atoms with van der Waals surface area (Å²) in [5.74, 6) is 0. The normalized spacial score (nSPS) is 20.4. The monoisotopic (exact) mass is 293 g/mol. The van der Waals surface area contributed by atoms with Crippen molar-refractivity contribution in [3.05, 3.63) is 45.5 Å². The molecule has 1 atom stereocenters. The maximum atomic E-state index is 12.1. The number of rotatable bonds is 2. The molecule has 1 unspecified atom stereocenters. The van der Waals surface area contributed by atoms with Gasteiger partial charge in [-0.3, -0.25) is 14.1 Å². The maximum Gasteiger partial charge on any atom is 0.258 e. The van der Waals surface area contributed by atoms with Gasteiger partial charge in [-0.2, -0.15) is 0 Å². The predicted octanol–water partition coefficient (Wildman–Crippen LogP) is 1.30. The molecule has 5 nitrogen and oxygen atoms in total. The molecule has 106 valence electrons. The van der Waals surface area contributed by atoms with Crippen LogP contribution >= 0.6 is 11.6 Å². The standard InChI is InChI=1S/C14H16ClN3O2/c15-10-3-4-13-16-11(6-14(20)18(13)7-10)8-17-5-1-2-12(19)9-17/h3-4,6-7,12,19H,1-2,5,8-9H2. The van der Waals surface area contributed by atoms with Crippen molar-refractivity contribution in [1.29, 1.82) is 0 Å². The quantitative estimate of drug-likeness (QED) is 0.907. The maximum absolute atomic E-state index is 12.1. The van der Waals surface area contributed by atoms with E-state index in [0.29, 0.717) is 23.8 Å². The summed E-state index contributed by atoms with van der Waals surface area (Å²) in [4.78, 5) is 18.7. The molecule has 2 aromatic rings. The highest BCUT2D eigenvalue weighted by atomic mass is 35.5. The van der Waals surface area contributed by atoms with E-state index in [4.69, 9.17) is 11.6 Å². The molecule has 0 radical (unpaired) electrons. The number of hydrogen-bond donors (Lipinski definition) is 1. The number of fused-ring (bicyclic) bond motifs is 1. The van der Waals surface area contributed by atoms with Gasteiger partial charge in [-0.1, -0.05) is 11.6 Å². The third kappa shape index (κ3) is 2.85. The largest absolute Gasteiger partial charge is 0.392 e. The van der Waals surface area contributed by atoms with Crippen molar-refractivity contribution < 1.29 is 5.11 Å². The van der Waals surface area contributed by atoms with Crippen LogP contribution < -0.4 is 5.56 Å². The van der Waals surface area contributed by atoms with Crippen LogP contribution in [-0.4, -0.2) is 38.6 Å². The minimum Gasteiger partial charge on any atom is -0.392 e. The third-order valence-corrected chi connectivity index (χ3v) is 3.77. The van der Waals surface area contributed by atoms with Gasteiger partial charge < -0.3 is 5.11 Å². The second kappa shape index (κ2) is 5.52. The molecule has 6 heteroatoms. The van der Waals surface area contributed by atoms with Crippen LogP contribution in [0.15, 0.2) is 29.2 Å². The smallest absolute Gasteiger partial charge is 0.258 e. The van der Waals surface area contributed by atoms with Crippen LogP contribution in [0.2, 0.25) is 5.02 Å². The third-order valence-electron chi connectivity index (χ3n) is 3.54. The average molecular weight is 294 g/mol. The van der Waals surface area contributed by atoms with E-state index < -0.39 is 0 Å². The lowest BCUT2D eigenvalue weighted by Crippen LogP contribution is -2.38. The summed E-state index contributed by atoms with van der Waals surface area (Å²) in [5.41, 5.74) is 1.19. The van der Waals surface area contributed by atoms with Crippen molar-refractivity contribution in [2.24, 2.45) is 0 Å². The zero-order valence-corrected chi connectivity index (χ0v) is 11.8. The first-order valence-corrected chi connectivity index (χ1v) is 7.08. The van der Waals surface area contributed by atoms with Crippen LogP contribution in [0.5, 0.6) is 0 Å². The van der Waals surface area contributed by atoms with E-state index in [1.54, 1.807) is 18.3 Å². The molecule has 3 rings (SSSR count). The molecule has 0 spiro atoms. The van der Waals surface area contributed by atoms with Crippen LogP contribution in [0.1, 0.15) is 18.5 Å². The minimum absolute atomic E-state index is 0.134. The molecule has 0 amide bonds. The molecule has 3 heterocycles. The van der Waals surface area contributed by atoms with Crippen LogP contribution in [-0.2, 0) is 6.54 Å². The Hall–Kier alpha value is -1.43. The van der Waals surface area contributed by atoms with Gasteiger partial charge in [-0.25, -0.2) is 4.98 Å². The molecule has 0 aromatic carbocycles. The van der Waals surface area contributed by atoms with E-state index in [0.717, 1.165) is 25.1 Å². The molecule has 2 aromatic heterocycles. The van der Waals surface area contributed by atoms with E-state index >= 15 is 0 Å². The van der Waals surface area contributed by atoms with Gasteiger partial charge in [0.1, 0.15) is 5.65 Å². The zero-order chi connectivity index (χ0) is 14.1. The summed E-state index contributed by atoms with van der Waals surface area (Å²) in [6.45, 7) is 2.16. The molecule has 1 aliphatic rings. The van der Waals surface area contributed by atoms with Gasteiger partial charge in [0.2, 0.25) is 0 Å². The number of aromatic nitrogens is 2. The molecule has 0 aliphatic carbocycles. The van der Waals surface area contributed by atoms with Gasteiger partial charge >= 0.3 is 0 Å². The molecule has 1 fully saturated rings. The molecule has 20 heavy (non-hydrogen) atoms. The van der Waals surface area contributed by atoms with E-state index in [1.165, 1.54) is 10.5 Å². The molecule has 1 N–H and O–H groups in total. The predicted molar refractivity (Wildman–Crippen MR) is 77.0 cm³/mol. The first-order valence-electron chi connectivity index (χ1n) is 6.70. The van der Waals surface area contributed by atoms with Gasteiger partial charge in [0, 0.05) is 25.4 Å². The van der Waals surface area contributed by atoms with E-state index in [1.807, 2.05) is 0 Å². The van der Waals surface area contributed by atoms with Crippen molar-refractivity contribution in [1.82, 2.24) is 14.3 Å². The lowest BCUT2D eigenvalue weighted by molar-refractivity contribution is 0.0662. The number of aliphatic hydroxyl groups excluding tert-OH is 1.